The molecule has 3 fully saturated rings. The Morgan fingerprint density at radius 2 is 1.77 bits per heavy atom. The standard InChI is InChI=1S/C18H36N4/c1-18(2,3)22-11-9-20(10-12-22)14-16-6-8-21(15-16)17-5-4-7-19-13-17/h16-17,19H,4-15H2,1-3H3. The quantitative estimate of drug-likeness (QED) is 0.852. The second-order valence-corrected chi connectivity index (χ2v) is 8.61. The summed E-state index contributed by atoms with van der Waals surface area (Å²) in [5.74, 6) is 0.906. The predicted molar refractivity (Wildman–Crippen MR) is 93.3 cm³/mol. The fraction of sp³-hybridized carbons (Fsp3) is 1.00. The Kier molecular flexibility index (Phi) is 5.43. The first-order valence-corrected chi connectivity index (χ1v) is 9.44. The second kappa shape index (κ2) is 7.16. The summed E-state index contributed by atoms with van der Waals surface area (Å²) >= 11 is 0. The molecule has 3 heterocycles. The molecule has 4 heteroatoms. The maximum Gasteiger partial charge on any atom is 0.0221 e. The molecule has 0 aromatic carbocycles. The van der Waals surface area contributed by atoms with Crippen molar-refractivity contribution in [2.45, 2.75) is 51.6 Å². The van der Waals surface area contributed by atoms with E-state index in [0.717, 1.165) is 12.0 Å². The van der Waals surface area contributed by atoms with Gasteiger partial charge in [0, 0.05) is 57.4 Å². The van der Waals surface area contributed by atoms with Crippen LogP contribution in [0.25, 0.3) is 0 Å². The van der Waals surface area contributed by atoms with Crippen LogP contribution in [0.2, 0.25) is 0 Å². The Labute approximate surface area is 137 Å². The maximum absolute atomic E-state index is 3.57. The first-order chi connectivity index (χ1) is 10.5. The topological polar surface area (TPSA) is 21.8 Å². The molecule has 2 atom stereocenters. The van der Waals surface area contributed by atoms with Gasteiger partial charge in [0.1, 0.15) is 0 Å². The van der Waals surface area contributed by atoms with Gasteiger partial charge in [0.2, 0.25) is 0 Å². The smallest absolute Gasteiger partial charge is 0.0221 e. The number of nitrogens with zero attached hydrogens (tertiary/aromatic N) is 3. The van der Waals surface area contributed by atoms with Crippen LogP contribution in [0.1, 0.15) is 40.0 Å². The largest absolute Gasteiger partial charge is 0.315 e. The van der Waals surface area contributed by atoms with Crippen molar-refractivity contribution in [2.24, 2.45) is 5.92 Å². The summed E-state index contributed by atoms with van der Waals surface area (Å²) in [6, 6.07) is 0.816. The summed E-state index contributed by atoms with van der Waals surface area (Å²) in [5, 5.41) is 3.57. The summed E-state index contributed by atoms with van der Waals surface area (Å²) in [6.07, 6.45) is 4.18. The molecule has 0 amide bonds. The SMILES string of the molecule is CC(C)(C)N1CCN(CC2CCN(C3CCCNC3)C2)CC1. The van der Waals surface area contributed by atoms with Gasteiger partial charge in [-0.1, -0.05) is 0 Å². The molecular formula is C18H36N4. The molecule has 0 aliphatic carbocycles. The van der Waals surface area contributed by atoms with Gasteiger partial charge in [-0.2, -0.15) is 0 Å². The van der Waals surface area contributed by atoms with E-state index in [-0.39, 0.29) is 0 Å². The second-order valence-electron chi connectivity index (χ2n) is 8.61. The van der Waals surface area contributed by atoms with E-state index < -0.39 is 0 Å². The van der Waals surface area contributed by atoms with Crippen molar-refractivity contribution in [2.75, 3.05) is 58.9 Å². The molecule has 3 rings (SSSR count). The molecule has 0 aromatic heterocycles. The molecule has 0 saturated carbocycles. The number of rotatable bonds is 3. The van der Waals surface area contributed by atoms with E-state index in [1.165, 1.54) is 78.2 Å². The van der Waals surface area contributed by atoms with Crippen molar-refractivity contribution >= 4 is 0 Å². The van der Waals surface area contributed by atoms with E-state index >= 15 is 0 Å². The van der Waals surface area contributed by atoms with Gasteiger partial charge >= 0.3 is 0 Å². The third-order valence-electron chi connectivity index (χ3n) is 5.94. The third-order valence-corrected chi connectivity index (χ3v) is 5.94. The van der Waals surface area contributed by atoms with Gasteiger partial charge in [-0.15, -0.1) is 0 Å². The lowest BCUT2D eigenvalue weighted by Gasteiger charge is -2.42. The molecule has 3 aliphatic heterocycles. The Hall–Kier alpha value is -0.160. The van der Waals surface area contributed by atoms with Gasteiger partial charge in [-0.3, -0.25) is 9.80 Å². The van der Waals surface area contributed by atoms with Crippen LogP contribution in [0, 0.1) is 5.92 Å². The highest BCUT2D eigenvalue weighted by atomic mass is 15.3. The van der Waals surface area contributed by atoms with E-state index in [1.807, 2.05) is 0 Å². The Morgan fingerprint density at radius 1 is 1.00 bits per heavy atom. The molecule has 1 N–H and O–H groups in total. The zero-order chi connectivity index (χ0) is 15.6. The molecule has 2 unspecified atom stereocenters. The molecule has 0 aromatic rings. The van der Waals surface area contributed by atoms with E-state index in [9.17, 15) is 0 Å². The summed E-state index contributed by atoms with van der Waals surface area (Å²) in [4.78, 5) is 8.12. The number of piperazine rings is 1. The van der Waals surface area contributed by atoms with Crippen molar-refractivity contribution in [1.29, 1.82) is 0 Å². The van der Waals surface area contributed by atoms with Gasteiger partial charge in [0.25, 0.3) is 0 Å². The van der Waals surface area contributed by atoms with E-state index in [2.05, 4.69) is 40.8 Å². The van der Waals surface area contributed by atoms with E-state index in [4.69, 9.17) is 0 Å². The van der Waals surface area contributed by atoms with Gasteiger partial charge in [-0.05, 0) is 59.0 Å². The first kappa shape index (κ1) is 16.7. The molecule has 0 radical (unpaired) electrons. The fourth-order valence-corrected chi connectivity index (χ4v) is 4.45. The summed E-state index contributed by atoms with van der Waals surface area (Å²) in [5.41, 5.74) is 0.338. The number of hydrogen-bond donors (Lipinski definition) is 1. The van der Waals surface area contributed by atoms with Crippen LogP contribution in [0.5, 0.6) is 0 Å². The average Bonchev–Trinajstić information content (AvgIpc) is 2.96. The van der Waals surface area contributed by atoms with Crippen LogP contribution < -0.4 is 5.32 Å². The molecular weight excluding hydrogens is 272 g/mol. The van der Waals surface area contributed by atoms with Gasteiger partial charge in [0.15, 0.2) is 0 Å². The van der Waals surface area contributed by atoms with Crippen LogP contribution in [0.3, 0.4) is 0 Å². The zero-order valence-corrected chi connectivity index (χ0v) is 15.0. The van der Waals surface area contributed by atoms with Crippen LogP contribution in [0.4, 0.5) is 0 Å². The van der Waals surface area contributed by atoms with Gasteiger partial charge in [0.05, 0.1) is 0 Å². The Balaban J connectivity index is 1.40. The maximum atomic E-state index is 3.57. The zero-order valence-electron chi connectivity index (χ0n) is 15.0. The number of nitrogens with one attached hydrogen (secondary N) is 1. The Morgan fingerprint density at radius 3 is 2.41 bits per heavy atom. The molecule has 128 valence electrons. The molecule has 3 aliphatic rings. The molecule has 4 nitrogen and oxygen atoms in total. The fourth-order valence-electron chi connectivity index (χ4n) is 4.45. The lowest BCUT2D eigenvalue weighted by molar-refractivity contribution is 0.0552. The highest BCUT2D eigenvalue weighted by Crippen LogP contribution is 2.23. The van der Waals surface area contributed by atoms with Gasteiger partial charge < -0.3 is 10.2 Å². The van der Waals surface area contributed by atoms with Gasteiger partial charge in [-0.25, -0.2) is 0 Å². The number of hydrogen-bond acceptors (Lipinski definition) is 4. The highest BCUT2D eigenvalue weighted by Gasteiger charge is 2.31. The molecule has 0 bridgehead atoms. The molecule has 0 spiro atoms. The highest BCUT2D eigenvalue weighted by molar-refractivity contribution is 4.88. The van der Waals surface area contributed by atoms with Crippen LogP contribution in [0.15, 0.2) is 0 Å². The average molecular weight is 309 g/mol. The van der Waals surface area contributed by atoms with Crippen molar-refractivity contribution in [3.8, 4) is 0 Å². The van der Waals surface area contributed by atoms with E-state index in [1.54, 1.807) is 0 Å². The summed E-state index contributed by atoms with van der Waals surface area (Å²) in [7, 11) is 0. The van der Waals surface area contributed by atoms with Crippen LogP contribution in [-0.2, 0) is 0 Å². The first-order valence-electron chi connectivity index (χ1n) is 9.44. The predicted octanol–water partition coefficient (Wildman–Crippen LogP) is 1.48. The third kappa shape index (κ3) is 4.22. The summed E-state index contributed by atoms with van der Waals surface area (Å²) < 4.78 is 0. The van der Waals surface area contributed by atoms with Crippen LogP contribution in [-0.4, -0.2) is 85.2 Å². The Bertz CT molecular complexity index is 337. The van der Waals surface area contributed by atoms with Crippen molar-refractivity contribution < 1.29 is 0 Å². The normalized spacial score (nSPS) is 33.4. The number of likely N-dealkylation sites (tertiary alicyclic amines) is 1. The molecule has 22 heavy (non-hydrogen) atoms. The lowest BCUT2D eigenvalue weighted by atomic mass is 10.0. The minimum Gasteiger partial charge on any atom is -0.315 e. The molecule has 3 saturated heterocycles. The monoisotopic (exact) mass is 308 g/mol. The van der Waals surface area contributed by atoms with Crippen LogP contribution >= 0.6 is 0 Å². The minimum atomic E-state index is 0.338. The van der Waals surface area contributed by atoms with E-state index in [0.29, 0.717) is 5.54 Å². The summed E-state index contributed by atoms with van der Waals surface area (Å²) in [6.45, 7) is 18.5. The van der Waals surface area contributed by atoms with Crippen molar-refractivity contribution in [3.05, 3.63) is 0 Å². The van der Waals surface area contributed by atoms with Crippen molar-refractivity contribution in [3.63, 3.8) is 0 Å². The lowest BCUT2D eigenvalue weighted by Crippen LogP contribution is -2.54. The number of piperidine rings is 1. The minimum absolute atomic E-state index is 0.338. The van der Waals surface area contributed by atoms with Crippen molar-refractivity contribution in [1.82, 2.24) is 20.0 Å².